The molecule has 176 valence electrons. The Morgan fingerprint density at radius 3 is 2.55 bits per heavy atom. The number of hydrogen-bond donors (Lipinski definition) is 4. The first-order valence-electron chi connectivity index (χ1n) is 10.3. The smallest absolute Gasteiger partial charge is 0.419 e. The van der Waals surface area contributed by atoms with Crippen LogP contribution in [0.2, 0.25) is 0 Å². The average Bonchev–Trinajstić information content (AvgIpc) is 2.72. The van der Waals surface area contributed by atoms with Crippen LogP contribution in [-0.2, 0) is 0 Å². The molecule has 1 heterocycles. The maximum atomic E-state index is 14.6. The molecule has 0 spiro atoms. The number of phenolic OH excluding ortho intramolecular Hbond substituents is 1. The van der Waals surface area contributed by atoms with Crippen molar-refractivity contribution in [2.75, 3.05) is 5.32 Å². The average molecular weight is 468 g/mol. The van der Waals surface area contributed by atoms with Gasteiger partial charge in [-0.05, 0) is 55.5 Å². The number of aromatic hydroxyl groups is 1. The van der Waals surface area contributed by atoms with Gasteiger partial charge < -0.3 is 20.5 Å². The number of rotatable bonds is 3. The van der Waals surface area contributed by atoms with E-state index in [1.807, 2.05) is 0 Å². The normalized spacial score (nSPS) is 22.9. The first-order chi connectivity index (χ1) is 15.4. The predicted molar refractivity (Wildman–Crippen MR) is 112 cm³/mol. The highest BCUT2D eigenvalue weighted by atomic mass is 19.4. The zero-order valence-electron chi connectivity index (χ0n) is 17.6. The highest BCUT2D eigenvalue weighted by Crippen LogP contribution is 2.55. The number of nitrogens with one attached hydrogen (secondary N) is 2. The number of halogens is 5. The Bertz CT molecular complexity index is 1300. The standard InChI is InChI=1S/C23H21F5N2O3/c1-3-11-9-22(33,23(26,27)28)21(14-8-15(25)10(2)20(32)19(11)14)30-17-7-12(24)6-16-13(17)4-5-18(31)29-16/h4-8,11,21,30,32-33H,3,9H2,1-2H3,(H,29,31)/t11-,21+,22-/m1/s1. The van der Waals surface area contributed by atoms with Gasteiger partial charge in [0.25, 0.3) is 0 Å². The molecule has 3 atom stereocenters. The molecular weight excluding hydrogens is 447 g/mol. The Morgan fingerprint density at radius 1 is 1.21 bits per heavy atom. The molecular formula is C23H21F5N2O3. The summed E-state index contributed by atoms with van der Waals surface area (Å²) in [5.74, 6) is -3.15. The number of anilines is 1. The van der Waals surface area contributed by atoms with E-state index in [1.54, 1.807) is 6.92 Å². The largest absolute Gasteiger partial charge is 0.507 e. The quantitative estimate of drug-likeness (QED) is 0.400. The fourth-order valence-corrected chi connectivity index (χ4v) is 4.63. The Hall–Kier alpha value is -3.14. The lowest BCUT2D eigenvalue weighted by molar-refractivity contribution is -0.272. The number of pyridine rings is 1. The number of alkyl halides is 3. The zero-order valence-corrected chi connectivity index (χ0v) is 17.6. The van der Waals surface area contributed by atoms with Crippen LogP contribution >= 0.6 is 0 Å². The molecule has 33 heavy (non-hydrogen) atoms. The number of H-pyrrole nitrogens is 1. The van der Waals surface area contributed by atoms with E-state index in [2.05, 4.69) is 10.3 Å². The van der Waals surface area contributed by atoms with Gasteiger partial charge in [0.15, 0.2) is 5.60 Å². The molecule has 2 aromatic carbocycles. The molecule has 1 aliphatic carbocycles. The molecule has 1 aliphatic rings. The molecule has 0 radical (unpaired) electrons. The maximum Gasteiger partial charge on any atom is 0.419 e. The lowest BCUT2D eigenvalue weighted by atomic mass is 9.68. The SMILES string of the molecule is CC[C@@H]1C[C@](O)(C(F)(F)F)[C@@H](Nc2cc(F)cc3[nH]c(=O)ccc23)c2cc(F)c(C)c(O)c21. The van der Waals surface area contributed by atoms with Crippen LogP contribution in [0.3, 0.4) is 0 Å². The van der Waals surface area contributed by atoms with Crippen molar-refractivity contribution in [3.63, 3.8) is 0 Å². The summed E-state index contributed by atoms with van der Waals surface area (Å²) >= 11 is 0. The molecule has 0 amide bonds. The summed E-state index contributed by atoms with van der Waals surface area (Å²) in [6, 6.07) is 3.26. The van der Waals surface area contributed by atoms with E-state index in [4.69, 9.17) is 0 Å². The van der Waals surface area contributed by atoms with Crippen LogP contribution < -0.4 is 10.9 Å². The van der Waals surface area contributed by atoms with Gasteiger partial charge in [0.2, 0.25) is 5.56 Å². The molecule has 4 N–H and O–H groups in total. The van der Waals surface area contributed by atoms with Crippen LogP contribution in [0.4, 0.5) is 27.6 Å². The van der Waals surface area contributed by atoms with Crippen molar-refractivity contribution in [3.8, 4) is 5.75 Å². The Kier molecular flexibility index (Phi) is 5.39. The van der Waals surface area contributed by atoms with Gasteiger partial charge in [-0.3, -0.25) is 4.79 Å². The van der Waals surface area contributed by atoms with Crippen LogP contribution in [0.5, 0.6) is 5.75 Å². The number of aromatic nitrogens is 1. The molecule has 0 aliphatic heterocycles. The van der Waals surface area contributed by atoms with E-state index < -0.39 is 53.1 Å². The molecule has 4 rings (SSSR count). The minimum atomic E-state index is -5.13. The first kappa shape index (κ1) is 23.0. The van der Waals surface area contributed by atoms with Crippen molar-refractivity contribution in [3.05, 3.63) is 69.0 Å². The second-order valence-corrected chi connectivity index (χ2v) is 8.38. The second-order valence-electron chi connectivity index (χ2n) is 8.38. The lowest BCUT2D eigenvalue weighted by Crippen LogP contribution is -2.55. The summed E-state index contributed by atoms with van der Waals surface area (Å²) in [4.78, 5) is 14.0. The summed E-state index contributed by atoms with van der Waals surface area (Å²) in [7, 11) is 0. The first-order valence-corrected chi connectivity index (χ1v) is 10.3. The molecule has 10 heteroatoms. The number of aromatic amines is 1. The van der Waals surface area contributed by atoms with Gasteiger partial charge >= 0.3 is 6.18 Å². The monoisotopic (exact) mass is 468 g/mol. The van der Waals surface area contributed by atoms with E-state index >= 15 is 0 Å². The zero-order chi connectivity index (χ0) is 24.3. The van der Waals surface area contributed by atoms with Crippen LogP contribution in [0.25, 0.3) is 10.9 Å². The fraction of sp³-hybridized carbons (Fsp3) is 0.348. The van der Waals surface area contributed by atoms with E-state index in [0.29, 0.717) is 0 Å². The van der Waals surface area contributed by atoms with E-state index in [0.717, 1.165) is 24.3 Å². The Labute approximate surface area is 184 Å². The summed E-state index contributed by atoms with van der Waals surface area (Å²) in [6.45, 7) is 2.91. The van der Waals surface area contributed by atoms with Crippen molar-refractivity contribution < 1.29 is 32.2 Å². The Balaban J connectivity index is 1.99. The highest BCUT2D eigenvalue weighted by Gasteiger charge is 2.62. The number of phenols is 1. The van der Waals surface area contributed by atoms with Crippen molar-refractivity contribution in [2.45, 2.75) is 50.4 Å². The summed E-state index contributed by atoms with van der Waals surface area (Å²) < 4.78 is 71.5. The summed E-state index contributed by atoms with van der Waals surface area (Å²) in [5, 5.41) is 24.3. The third-order valence-electron chi connectivity index (χ3n) is 6.40. The lowest BCUT2D eigenvalue weighted by Gasteiger charge is -2.46. The van der Waals surface area contributed by atoms with Crippen LogP contribution in [0.15, 0.2) is 35.1 Å². The molecule has 3 aromatic rings. The van der Waals surface area contributed by atoms with Gasteiger partial charge in [-0.1, -0.05) is 6.92 Å². The molecule has 1 aromatic heterocycles. The van der Waals surface area contributed by atoms with Gasteiger partial charge in [-0.2, -0.15) is 13.2 Å². The number of fused-ring (bicyclic) bond motifs is 2. The molecule has 0 unspecified atom stereocenters. The predicted octanol–water partition coefficient (Wildman–Crippen LogP) is 5.16. The number of hydrogen-bond acceptors (Lipinski definition) is 4. The third kappa shape index (κ3) is 3.62. The molecule has 0 saturated heterocycles. The van der Waals surface area contributed by atoms with Gasteiger partial charge in [0, 0.05) is 28.3 Å². The van der Waals surface area contributed by atoms with Crippen molar-refractivity contribution in [1.29, 1.82) is 0 Å². The van der Waals surface area contributed by atoms with Crippen molar-refractivity contribution >= 4 is 16.6 Å². The van der Waals surface area contributed by atoms with Gasteiger partial charge in [-0.15, -0.1) is 0 Å². The molecule has 0 saturated carbocycles. The second kappa shape index (κ2) is 7.72. The van der Waals surface area contributed by atoms with Crippen LogP contribution in [0, 0.1) is 18.6 Å². The van der Waals surface area contributed by atoms with Gasteiger partial charge in [-0.25, -0.2) is 8.78 Å². The Morgan fingerprint density at radius 2 is 1.91 bits per heavy atom. The summed E-state index contributed by atoms with van der Waals surface area (Å²) in [6.07, 6.45) is -5.77. The number of benzene rings is 2. The van der Waals surface area contributed by atoms with E-state index in [9.17, 15) is 37.0 Å². The van der Waals surface area contributed by atoms with Crippen molar-refractivity contribution in [2.24, 2.45) is 0 Å². The highest BCUT2D eigenvalue weighted by molar-refractivity contribution is 5.91. The van der Waals surface area contributed by atoms with Crippen LogP contribution in [-0.4, -0.2) is 27.0 Å². The number of aliphatic hydroxyl groups is 1. The maximum absolute atomic E-state index is 14.6. The van der Waals surface area contributed by atoms with Crippen molar-refractivity contribution in [1.82, 2.24) is 4.98 Å². The minimum absolute atomic E-state index is 0.0287. The van der Waals surface area contributed by atoms with E-state index in [-0.39, 0.29) is 39.7 Å². The fourth-order valence-electron chi connectivity index (χ4n) is 4.63. The summed E-state index contributed by atoms with van der Waals surface area (Å²) in [5.41, 5.74) is -4.28. The third-order valence-corrected chi connectivity index (χ3v) is 6.40. The molecule has 0 bridgehead atoms. The molecule has 0 fully saturated rings. The van der Waals surface area contributed by atoms with E-state index in [1.165, 1.54) is 13.0 Å². The van der Waals surface area contributed by atoms with Crippen LogP contribution in [0.1, 0.15) is 48.4 Å². The molecule has 5 nitrogen and oxygen atoms in total. The minimum Gasteiger partial charge on any atom is -0.507 e. The van der Waals surface area contributed by atoms with Gasteiger partial charge in [0.05, 0.1) is 11.6 Å². The topological polar surface area (TPSA) is 85.4 Å². The van der Waals surface area contributed by atoms with Gasteiger partial charge in [0.1, 0.15) is 17.4 Å².